The fraction of sp³-hybridized carbons (Fsp3) is 1.00. The summed E-state index contributed by atoms with van der Waals surface area (Å²) in [5.74, 6) is 0. The van der Waals surface area contributed by atoms with Gasteiger partial charge in [0.05, 0.1) is 0 Å². The molecule has 0 aliphatic carbocycles. The molecule has 0 radical (unpaired) electrons. The molecule has 0 bridgehead atoms. The summed E-state index contributed by atoms with van der Waals surface area (Å²) < 4.78 is 116. The van der Waals surface area contributed by atoms with Crippen molar-refractivity contribution in [3.63, 3.8) is 0 Å². The van der Waals surface area contributed by atoms with Gasteiger partial charge in [0.2, 0.25) is 0 Å². The quantitative estimate of drug-likeness (QED) is 0.418. The molecule has 0 spiro atoms. The van der Waals surface area contributed by atoms with Crippen LogP contribution in [0.5, 0.6) is 0 Å². The monoisotopic (exact) mass is 325 g/mol. The fourth-order valence-corrected chi connectivity index (χ4v) is 2.35. The van der Waals surface area contributed by atoms with E-state index in [1.165, 1.54) is 0 Å². The van der Waals surface area contributed by atoms with Crippen LogP contribution in [0.2, 0.25) is 0 Å². The summed E-state index contributed by atoms with van der Waals surface area (Å²) in [4.78, 5) is 0. The Morgan fingerprint density at radius 1 is 0.706 bits per heavy atom. The summed E-state index contributed by atoms with van der Waals surface area (Å²) in [7, 11) is -12.4. The second-order valence-electron chi connectivity index (χ2n) is 2.09. The Morgan fingerprint density at radius 2 is 0.941 bits per heavy atom. The van der Waals surface area contributed by atoms with Gasteiger partial charge in [0.25, 0.3) is 0 Å². The molecular weight excluding hydrogens is 325 g/mol. The minimum absolute atomic E-state index is 2.95. The van der Waals surface area contributed by atoms with Crippen LogP contribution < -0.4 is 0 Å². The molecule has 0 aromatic heterocycles. The second-order valence-corrected chi connectivity index (χ2v) is 6.56. The van der Waals surface area contributed by atoms with Crippen LogP contribution in [0.1, 0.15) is 0 Å². The zero-order valence-electron chi connectivity index (χ0n) is 7.11. The number of hydrogen-bond donors (Lipinski definition) is 0. The van der Waals surface area contributed by atoms with Crippen LogP contribution in [0, 0.1) is 0 Å². The Kier molecular flexibility index (Phi) is 4.88. The summed E-state index contributed by atoms with van der Waals surface area (Å²) in [5.41, 5.74) is -11.8. The molecule has 15 heteroatoms. The van der Waals surface area contributed by atoms with E-state index in [0.29, 0.717) is 0 Å². The standard InChI is InChI=1S/2CHF3O3S.Al/c2*2-1(3,4)8(5,6)7;/h2*(H,5,6,7);/q;;+3/p-2. The summed E-state index contributed by atoms with van der Waals surface area (Å²) >= 11 is -3.05. The first-order valence-corrected chi connectivity index (χ1v) is 6.77. The molecule has 0 amide bonds. The van der Waals surface area contributed by atoms with Gasteiger partial charge in [-0.25, -0.2) is 0 Å². The van der Waals surface area contributed by atoms with Crippen LogP contribution in [0.3, 0.4) is 0 Å². The van der Waals surface area contributed by atoms with Crippen molar-refractivity contribution in [1.29, 1.82) is 0 Å². The maximum absolute atomic E-state index is 11.6. The van der Waals surface area contributed by atoms with Gasteiger partial charge < -0.3 is 0 Å². The molecule has 0 atom stereocenters. The summed E-state index contributed by atoms with van der Waals surface area (Å²) in [6.07, 6.45) is 0. The van der Waals surface area contributed by atoms with E-state index >= 15 is 0 Å². The third-order valence-corrected chi connectivity index (χ3v) is 4.69. The Bertz CT molecular complexity index is 414. The van der Waals surface area contributed by atoms with Crippen molar-refractivity contribution < 1.29 is 49.6 Å². The van der Waals surface area contributed by atoms with Gasteiger partial charge in [-0.2, -0.15) is 0 Å². The predicted molar refractivity (Wildman–Crippen MR) is 37.9 cm³/mol. The van der Waals surface area contributed by atoms with Crippen LogP contribution in [0.4, 0.5) is 26.3 Å². The average molecular weight is 325 g/mol. The van der Waals surface area contributed by atoms with Gasteiger partial charge in [-0.1, -0.05) is 0 Å². The average Bonchev–Trinajstić information content (AvgIpc) is 1.98. The van der Waals surface area contributed by atoms with Crippen LogP contribution >= 0.6 is 0 Å². The molecule has 100 valence electrons. The molecule has 0 aliphatic heterocycles. The topological polar surface area (TPSA) is 86.7 Å². The van der Waals surface area contributed by atoms with Crippen molar-refractivity contribution in [2.75, 3.05) is 0 Å². The van der Waals surface area contributed by atoms with Crippen molar-refractivity contribution in [1.82, 2.24) is 0 Å². The van der Waals surface area contributed by atoms with E-state index in [1.807, 2.05) is 0 Å². The van der Waals surface area contributed by atoms with Gasteiger partial charge >= 0.3 is 96.8 Å². The summed E-state index contributed by atoms with van der Waals surface area (Å²) in [6, 6.07) is 0. The molecule has 0 fully saturated rings. The van der Waals surface area contributed by atoms with Gasteiger partial charge in [0.1, 0.15) is 0 Å². The van der Waals surface area contributed by atoms with Crippen molar-refractivity contribution in [2.24, 2.45) is 0 Å². The maximum atomic E-state index is 11.6. The van der Waals surface area contributed by atoms with Gasteiger partial charge in [0, 0.05) is 0 Å². The van der Waals surface area contributed by atoms with Crippen LogP contribution in [0.25, 0.3) is 0 Å². The van der Waals surface area contributed by atoms with Crippen LogP contribution in [-0.2, 0) is 26.7 Å². The molecule has 0 aromatic rings. The first-order chi connectivity index (χ1) is 7.21. The van der Waals surface area contributed by atoms with Gasteiger partial charge in [-0.15, -0.1) is 0 Å². The normalized spacial score (nSPS) is 14.5. The molecule has 17 heavy (non-hydrogen) atoms. The van der Waals surface area contributed by atoms with Gasteiger partial charge in [0.15, 0.2) is 0 Å². The third-order valence-electron chi connectivity index (χ3n) is 0.899. The molecule has 0 aliphatic rings. The molecule has 6 nitrogen and oxygen atoms in total. The molecule has 0 heterocycles. The predicted octanol–water partition coefficient (Wildman–Crippen LogP) is 0.253. The van der Waals surface area contributed by atoms with E-state index in [9.17, 15) is 43.2 Å². The van der Waals surface area contributed by atoms with Gasteiger partial charge in [-0.3, -0.25) is 0 Å². The summed E-state index contributed by atoms with van der Waals surface area (Å²) in [5, 5.41) is 0. The number of hydrogen-bond acceptors (Lipinski definition) is 6. The third kappa shape index (κ3) is 4.60. The zero-order valence-corrected chi connectivity index (χ0v) is 9.90. The first-order valence-electron chi connectivity index (χ1n) is 3.01. The molecule has 0 aromatic carbocycles. The molecule has 0 saturated heterocycles. The molecular formula is C2AlF6O6S2+. The second kappa shape index (κ2) is 4.90. The summed E-state index contributed by atoms with van der Waals surface area (Å²) in [6.45, 7) is 0. The fourth-order valence-electron chi connectivity index (χ4n) is 0.229. The van der Waals surface area contributed by atoms with Crippen molar-refractivity contribution in [3.8, 4) is 0 Å². The molecule has 0 N–H and O–H groups in total. The molecule has 0 rings (SSSR count). The number of halogens is 6. The van der Waals surface area contributed by atoms with E-state index in [4.69, 9.17) is 0 Å². The Hall–Kier alpha value is -0.0675. The van der Waals surface area contributed by atoms with Crippen molar-refractivity contribution in [3.05, 3.63) is 0 Å². The molecule has 0 unspecified atom stereocenters. The van der Waals surface area contributed by atoms with Crippen LogP contribution in [-0.4, -0.2) is 43.7 Å². The minimum atomic E-state index is -6.19. The van der Waals surface area contributed by atoms with E-state index in [-0.39, 0.29) is 0 Å². The first kappa shape index (κ1) is 16.9. The Morgan fingerprint density at radius 3 is 1.12 bits per heavy atom. The van der Waals surface area contributed by atoms with E-state index < -0.39 is 47.1 Å². The Balaban J connectivity index is 4.58. The van der Waals surface area contributed by atoms with Crippen molar-refractivity contribution in [2.45, 2.75) is 11.0 Å². The number of rotatable bonds is 4. The van der Waals surface area contributed by atoms with E-state index in [2.05, 4.69) is 6.47 Å². The number of alkyl halides is 6. The van der Waals surface area contributed by atoms with E-state index in [0.717, 1.165) is 0 Å². The SMILES string of the molecule is O=S(=O)([O][Al+][O]S(=O)(=O)C(F)(F)F)C(F)(F)F. The zero-order chi connectivity index (χ0) is 14.1. The van der Waals surface area contributed by atoms with Crippen molar-refractivity contribution >= 4 is 36.1 Å². The Labute approximate surface area is 97.1 Å². The van der Waals surface area contributed by atoms with E-state index in [1.54, 1.807) is 0 Å². The van der Waals surface area contributed by atoms with Crippen LogP contribution in [0.15, 0.2) is 0 Å². The molecule has 0 saturated carbocycles. The van der Waals surface area contributed by atoms with Gasteiger partial charge in [-0.05, 0) is 0 Å².